The number of carbonyl (C=O) groups is 1. The van der Waals surface area contributed by atoms with Crippen LogP contribution in [0.2, 0.25) is 0 Å². The summed E-state index contributed by atoms with van der Waals surface area (Å²) in [6.45, 7) is 8.14. The Balaban J connectivity index is 2.24. The molecular formula is C18H25N3O2. The number of nitriles is 1. The molecule has 2 heterocycles. The van der Waals surface area contributed by atoms with Crippen molar-refractivity contribution >= 4 is 12.0 Å². The molecule has 1 aliphatic rings. The Morgan fingerprint density at radius 1 is 1.43 bits per heavy atom. The molecule has 0 saturated carbocycles. The SMILES string of the molecule is CCCn1c(C)cc(/C=C(\C#N)C(=O)N2CCC(O)CC2)c1C. The van der Waals surface area contributed by atoms with Crippen molar-refractivity contribution in [2.24, 2.45) is 0 Å². The number of hydrogen-bond donors (Lipinski definition) is 1. The number of likely N-dealkylation sites (tertiary alicyclic amines) is 1. The van der Waals surface area contributed by atoms with Gasteiger partial charge in [-0.25, -0.2) is 0 Å². The maximum atomic E-state index is 12.5. The highest BCUT2D eigenvalue weighted by Crippen LogP contribution is 2.20. The lowest BCUT2D eigenvalue weighted by molar-refractivity contribution is -0.128. The second kappa shape index (κ2) is 7.47. The van der Waals surface area contributed by atoms with Gasteiger partial charge in [-0.05, 0) is 50.8 Å². The number of piperidine rings is 1. The average Bonchev–Trinajstić information content (AvgIpc) is 2.80. The Bertz CT molecular complexity index is 644. The summed E-state index contributed by atoms with van der Waals surface area (Å²) in [4.78, 5) is 14.2. The number of hydrogen-bond acceptors (Lipinski definition) is 3. The number of aliphatic hydroxyl groups excluding tert-OH is 1. The number of aryl methyl sites for hydroxylation is 1. The molecule has 2 rings (SSSR count). The number of carbonyl (C=O) groups excluding carboxylic acids is 1. The van der Waals surface area contributed by atoms with Crippen LogP contribution >= 0.6 is 0 Å². The summed E-state index contributed by atoms with van der Waals surface area (Å²) in [6, 6.07) is 4.07. The van der Waals surface area contributed by atoms with E-state index in [-0.39, 0.29) is 17.6 Å². The van der Waals surface area contributed by atoms with Crippen LogP contribution in [-0.4, -0.2) is 39.7 Å². The molecule has 0 atom stereocenters. The molecule has 0 bridgehead atoms. The van der Waals surface area contributed by atoms with E-state index in [4.69, 9.17) is 0 Å². The van der Waals surface area contributed by atoms with Crippen molar-refractivity contribution in [1.29, 1.82) is 5.26 Å². The third kappa shape index (κ3) is 3.83. The summed E-state index contributed by atoms with van der Waals surface area (Å²) in [6.07, 6.45) is 3.56. The smallest absolute Gasteiger partial charge is 0.264 e. The maximum Gasteiger partial charge on any atom is 0.264 e. The predicted molar refractivity (Wildman–Crippen MR) is 89.6 cm³/mol. The standard InChI is InChI=1S/C18H25N3O2/c1-4-7-21-13(2)10-15(14(21)3)11-16(12-19)18(23)20-8-5-17(22)6-9-20/h10-11,17,22H,4-9H2,1-3H3/b16-11+. The summed E-state index contributed by atoms with van der Waals surface area (Å²) in [5, 5.41) is 18.9. The molecule has 23 heavy (non-hydrogen) atoms. The minimum absolute atomic E-state index is 0.165. The van der Waals surface area contributed by atoms with E-state index in [1.165, 1.54) is 0 Å². The van der Waals surface area contributed by atoms with Gasteiger partial charge in [0.25, 0.3) is 5.91 Å². The lowest BCUT2D eigenvalue weighted by atomic mass is 10.1. The molecule has 1 aliphatic heterocycles. The van der Waals surface area contributed by atoms with Gasteiger partial charge in [0.05, 0.1) is 6.10 Å². The first-order chi connectivity index (χ1) is 11.0. The fourth-order valence-corrected chi connectivity index (χ4v) is 3.08. The quantitative estimate of drug-likeness (QED) is 0.685. The van der Waals surface area contributed by atoms with Gasteiger partial charge in [-0.2, -0.15) is 5.26 Å². The van der Waals surface area contributed by atoms with Crippen molar-refractivity contribution in [3.05, 3.63) is 28.6 Å². The molecule has 1 saturated heterocycles. The third-order valence-corrected chi connectivity index (χ3v) is 4.46. The van der Waals surface area contributed by atoms with E-state index >= 15 is 0 Å². The van der Waals surface area contributed by atoms with Crippen LogP contribution in [0.5, 0.6) is 0 Å². The zero-order valence-corrected chi connectivity index (χ0v) is 14.2. The second-order valence-electron chi connectivity index (χ2n) is 6.17. The maximum absolute atomic E-state index is 12.5. The van der Waals surface area contributed by atoms with Gasteiger partial charge in [0, 0.05) is 31.0 Å². The Labute approximate surface area is 137 Å². The Morgan fingerprint density at radius 3 is 2.65 bits per heavy atom. The molecule has 0 aliphatic carbocycles. The normalized spacial score (nSPS) is 16.5. The highest BCUT2D eigenvalue weighted by atomic mass is 16.3. The summed E-state index contributed by atoms with van der Waals surface area (Å²) in [7, 11) is 0. The molecule has 1 N–H and O–H groups in total. The van der Waals surface area contributed by atoms with E-state index in [1.807, 2.05) is 26.0 Å². The first-order valence-corrected chi connectivity index (χ1v) is 8.23. The lowest BCUT2D eigenvalue weighted by Gasteiger charge is -2.29. The van der Waals surface area contributed by atoms with Crippen LogP contribution in [0, 0.1) is 25.2 Å². The third-order valence-electron chi connectivity index (χ3n) is 4.46. The van der Waals surface area contributed by atoms with Gasteiger partial charge in [-0.15, -0.1) is 0 Å². The van der Waals surface area contributed by atoms with Gasteiger partial charge in [-0.3, -0.25) is 4.79 Å². The molecule has 124 valence electrons. The molecule has 1 aromatic heterocycles. The zero-order valence-electron chi connectivity index (χ0n) is 14.2. The van der Waals surface area contributed by atoms with Gasteiger partial charge in [0.2, 0.25) is 0 Å². The highest BCUT2D eigenvalue weighted by molar-refractivity contribution is 6.01. The van der Waals surface area contributed by atoms with Crippen molar-refractivity contribution in [1.82, 2.24) is 9.47 Å². The average molecular weight is 315 g/mol. The van der Waals surface area contributed by atoms with Crippen molar-refractivity contribution in [2.45, 2.75) is 52.7 Å². The Morgan fingerprint density at radius 2 is 2.09 bits per heavy atom. The predicted octanol–water partition coefficient (Wildman–Crippen LogP) is 2.41. The van der Waals surface area contributed by atoms with Crippen LogP contribution in [-0.2, 0) is 11.3 Å². The van der Waals surface area contributed by atoms with E-state index in [1.54, 1.807) is 11.0 Å². The largest absolute Gasteiger partial charge is 0.393 e. The van der Waals surface area contributed by atoms with E-state index in [0.717, 1.165) is 29.9 Å². The Hall–Kier alpha value is -2.06. The van der Waals surface area contributed by atoms with Crippen LogP contribution in [0.15, 0.2) is 11.6 Å². The number of rotatable bonds is 4. The van der Waals surface area contributed by atoms with Gasteiger partial charge in [-0.1, -0.05) is 6.92 Å². The molecule has 5 nitrogen and oxygen atoms in total. The van der Waals surface area contributed by atoms with E-state index in [9.17, 15) is 15.2 Å². The van der Waals surface area contributed by atoms with Crippen LogP contribution in [0.25, 0.3) is 6.08 Å². The van der Waals surface area contributed by atoms with Crippen LogP contribution < -0.4 is 0 Å². The fraction of sp³-hybridized carbons (Fsp3) is 0.556. The van der Waals surface area contributed by atoms with Gasteiger partial charge < -0.3 is 14.6 Å². The highest BCUT2D eigenvalue weighted by Gasteiger charge is 2.24. The molecule has 0 spiro atoms. The lowest BCUT2D eigenvalue weighted by Crippen LogP contribution is -2.40. The summed E-state index contributed by atoms with van der Waals surface area (Å²) in [5.74, 6) is -0.236. The molecule has 0 aromatic carbocycles. The Kier molecular flexibility index (Phi) is 5.62. The van der Waals surface area contributed by atoms with Crippen molar-refractivity contribution in [3.8, 4) is 6.07 Å². The minimum atomic E-state index is -0.332. The van der Waals surface area contributed by atoms with Crippen LogP contribution in [0.4, 0.5) is 0 Å². The van der Waals surface area contributed by atoms with Gasteiger partial charge >= 0.3 is 0 Å². The molecular weight excluding hydrogens is 290 g/mol. The molecule has 5 heteroatoms. The second-order valence-corrected chi connectivity index (χ2v) is 6.17. The van der Waals surface area contributed by atoms with Crippen molar-refractivity contribution < 1.29 is 9.90 Å². The van der Waals surface area contributed by atoms with Crippen LogP contribution in [0.3, 0.4) is 0 Å². The molecule has 1 aromatic rings. The summed E-state index contributed by atoms with van der Waals surface area (Å²) < 4.78 is 2.21. The number of aliphatic hydroxyl groups is 1. The van der Waals surface area contributed by atoms with Crippen molar-refractivity contribution in [2.75, 3.05) is 13.1 Å². The van der Waals surface area contributed by atoms with Gasteiger partial charge in [0.15, 0.2) is 0 Å². The molecule has 0 radical (unpaired) electrons. The van der Waals surface area contributed by atoms with Crippen LogP contribution in [0.1, 0.15) is 43.1 Å². The van der Waals surface area contributed by atoms with Gasteiger partial charge in [0.1, 0.15) is 11.6 Å². The fourth-order valence-electron chi connectivity index (χ4n) is 3.08. The molecule has 0 unspecified atom stereocenters. The first kappa shape index (κ1) is 17.3. The van der Waals surface area contributed by atoms with E-state index in [2.05, 4.69) is 11.5 Å². The number of aromatic nitrogens is 1. The minimum Gasteiger partial charge on any atom is -0.393 e. The number of amides is 1. The van der Waals surface area contributed by atoms with Crippen molar-refractivity contribution in [3.63, 3.8) is 0 Å². The number of nitrogens with zero attached hydrogens (tertiary/aromatic N) is 3. The monoisotopic (exact) mass is 315 g/mol. The summed E-state index contributed by atoms with van der Waals surface area (Å²) >= 11 is 0. The van der Waals surface area contributed by atoms with E-state index < -0.39 is 0 Å². The molecule has 1 fully saturated rings. The molecule has 1 amide bonds. The first-order valence-electron chi connectivity index (χ1n) is 8.23. The zero-order chi connectivity index (χ0) is 17.0. The topological polar surface area (TPSA) is 69.3 Å². The van der Waals surface area contributed by atoms with E-state index in [0.29, 0.717) is 25.9 Å². The summed E-state index contributed by atoms with van der Waals surface area (Å²) in [5.41, 5.74) is 3.32.